The zero-order valence-corrected chi connectivity index (χ0v) is 7.12. The average molecular weight is 178 g/mol. The fourth-order valence-corrected chi connectivity index (χ4v) is 0.871. The monoisotopic (exact) mass is 178 g/mol. The molecule has 0 radical (unpaired) electrons. The zero-order chi connectivity index (χ0) is 9.52. The standard InChI is InChI=1S/C9H10N2O2/c10-5-3-7-13-9(12)8-4-1-2-6-11-8/h2,4,6,11H,1,3,7H2. The Kier molecular flexibility index (Phi) is 3.58. The van der Waals surface area contributed by atoms with Gasteiger partial charge in [-0.05, 0) is 18.7 Å². The second kappa shape index (κ2) is 4.99. The minimum absolute atomic E-state index is 0.151. The lowest BCUT2D eigenvalue weighted by atomic mass is 10.2. The summed E-state index contributed by atoms with van der Waals surface area (Å²) < 4.78 is 4.80. The minimum atomic E-state index is -0.403. The summed E-state index contributed by atoms with van der Waals surface area (Å²) >= 11 is 0. The molecule has 0 spiro atoms. The molecule has 0 aromatic rings. The van der Waals surface area contributed by atoms with E-state index in [4.69, 9.17) is 10.00 Å². The number of esters is 1. The molecule has 68 valence electrons. The molecule has 1 heterocycles. The number of hydrogen-bond donors (Lipinski definition) is 1. The van der Waals surface area contributed by atoms with E-state index in [0.717, 1.165) is 6.42 Å². The maximum absolute atomic E-state index is 11.2. The predicted octanol–water partition coefficient (Wildman–Crippen LogP) is 0.834. The van der Waals surface area contributed by atoms with Crippen LogP contribution in [-0.4, -0.2) is 12.6 Å². The molecule has 0 aromatic heterocycles. The lowest BCUT2D eigenvalue weighted by Gasteiger charge is -2.09. The van der Waals surface area contributed by atoms with Crippen molar-refractivity contribution in [3.63, 3.8) is 0 Å². The largest absolute Gasteiger partial charge is 0.460 e. The van der Waals surface area contributed by atoms with Crippen molar-refractivity contribution in [1.29, 1.82) is 5.26 Å². The SMILES string of the molecule is N#CCCOC(=O)C1=CCC=CN1. The quantitative estimate of drug-likeness (QED) is 0.513. The number of hydrogen-bond acceptors (Lipinski definition) is 4. The molecule has 1 aliphatic rings. The van der Waals surface area contributed by atoms with Crippen molar-refractivity contribution < 1.29 is 9.53 Å². The van der Waals surface area contributed by atoms with Gasteiger partial charge in [-0.15, -0.1) is 0 Å². The Morgan fingerprint density at radius 3 is 3.23 bits per heavy atom. The van der Waals surface area contributed by atoms with Gasteiger partial charge in [-0.1, -0.05) is 6.08 Å². The van der Waals surface area contributed by atoms with E-state index in [1.54, 1.807) is 12.3 Å². The normalized spacial score (nSPS) is 13.9. The molecule has 1 N–H and O–H groups in total. The summed E-state index contributed by atoms with van der Waals surface area (Å²) in [6, 6.07) is 1.89. The highest BCUT2D eigenvalue weighted by molar-refractivity contribution is 5.88. The molecule has 0 bridgehead atoms. The number of nitrogens with one attached hydrogen (secondary N) is 1. The summed E-state index contributed by atoms with van der Waals surface area (Å²) in [6.45, 7) is 0.151. The van der Waals surface area contributed by atoms with Crippen molar-refractivity contribution >= 4 is 5.97 Å². The van der Waals surface area contributed by atoms with Crippen LogP contribution in [0.1, 0.15) is 12.8 Å². The lowest BCUT2D eigenvalue weighted by Crippen LogP contribution is -2.19. The first-order valence-corrected chi connectivity index (χ1v) is 4.00. The second-order valence-electron chi connectivity index (χ2n) is 2.44. The second-order valence-corrected chi connectivity index (χ2v) is 2.44. The number of dihydropyridines is 1. The van der Waals surface area contributed by atoms with E-state index in [9.17, 15) is 4.79 Å². The average Bonchev–Trinajstić information content (AvgIpc) is 2.19. The summed E-state index contributed by atoms with van der Waals surface area (Å²) in [5, 5.41) is 11.0. The van der Waals surface area contributed by atoms with Gasteiger partial charge in [0.2, 0.25) is 0 Å². The van der Waals surface area contributed by atoms with Crippen LogP contribution in [0.4, 0.5) is 0 Å². The molecule has 13 heavy (non-hydrogen) atoms. The number of nitriles is 1. The van der Waals surface area contributed by atoms with E-state index in [1.165, 1.54) is 0 Å². The molecule has 0 saturated carbocycles. The van der Waals surface area contributed by atoms with E-state index in [1.807, 2.05) is 12.1 Å². The van der Waals surface area contributed by atoms with E-state index >= 15 is 0 Å². The Morgan fingerprint density at radius 1 is 1.77 bits per heavy atom. The molecule has 0 fully saturated rings. The Morgan fingerprint density at radius 2 is 2.62 bits per heavy atom. The summed E-state index contributed by atoms with van der Waals surface area (Å²) in [5.74, 6) is -0.403. The maximum atomic E-state index is 11.2. The van der Waals surface area contributed by atoms with Crippen LogP contribution in [0.5, 0.6) is 0 Å². The molecule has 0 aliphatic carbocycles. The number of allylic oxidation sites excluding steroid dienone is 2. The number of carbonyl (C=O) groups is 1. The van der Waals surface area contributed by atoms with Gasteiger partial charge in [-0.25, -0.2) is 4.79 Å². The van der Waals surface area contributed by atoms with Crippen molar-refractivity contribution in [3.8, 4) is 6.07 Å². The van der Waals surface area contributed by atoms with Gasteiger partial charge in [-0.2, -0.15) is 5.26 Å². The molecule has 0 amide bonds. The maximum Gasteiger partial charge on any atom is 0.354 e. The fourth-order valence-electron chi connectivity index (χ4n) is 0.871. The fraction of sp³-hybridized carbons (Fsp3) is 0.333. The highest BCUT2D eigenvalue weighted by atomic mass is 16.5. The Hall–Kier alpha value is -1.76. The molecule has 0 atom stereocenters. The summed E-state index contributed by atoms with van der Waals surface area (Å²) in [5.41, 5.74) is 0.445. The van der Waals surface area contributed by atoms with Gasteiger partial charge in [0.1, 0.15) is 12.3 Å². The van der Waals surface area contributed by atoms with Crippen LogP contribution in [0.2, 0.25) is 0 Å². The number of ether oxygens (including phenoxy) is 1. The smallest absolute Gasteiger partial charge is 0.354 e. The first-order chi connectivity index (χ1) is 6.34. The Balaban J connectivity index is 2.31. The molecule has 0 aromatic carbocycles. The Bertz CT molecular complexity index is 286. The van der Waals surface area contributed by atoms with Crippen molar-refractivity contribution in [3.05, 3.63) is 24.0 Å². The van der Waals surface area contributed by atoms with Crippen LogP contribution in [0.15, 0.2) is 24.0 Å². The molecule has 0 unspecified atom stereocenters. The van der Waals surface area contributed by atoms with Crippen LogP contribution in [0.25, 0.3) is 0 Å². The third-order valence-corrected chi connectivity index (χ3v) is 1.48. The predicted molar refractivity (Wildman–Crippen MR) is 46.2 cm³/mol. The third-order valence-electron chi connectivity index (χ3n) is 1.48. The molecular weight excluding hydrogens is 168 g/mol. The number of rotatable bonds is 3. The van der Waals surface area contributed by atoms with E-state index in [2.05, 4.69) is 5.32 Å². The highest BCUT2D eigenvalue weighted by Gasteiger charge is 2.09. The molecule has 1 rings (SSSR count). The number of carbonyl (C=O) groups excluding carboxylic acids is 1. The van der Waals surface area contributed by atoms with Crippen molar-refractivity contribution in [2.24, 2.45) is 0 Å². The zero-order valence-electron chi connectivity index (χ0n) is 7.12. The third kappa shape index (κ3) is 2.99. The molecule has 1 aliphatic heterocycles. The van der Waals surface area contributed by atoms with Crippen molar-refractivity contribution in [2.75, 3.05) is 6.61 Å². The van der Waals surface area contributed by atoms with Crippen LogP contribution >= 0.6 is 0 Å². The van der Waals surface area contributed by atoms with Gasteiger partial charge in [0.15, 0.2) is 0 Å². The topological polar surface area (TPSA) is 62.1 Å². The van der Waals surface area contributed by atoms with Gasteiger partial charge in [0.05, 0.1) is 12.5 Å². The van der Waals surface area contributed by atoms with E-state index in [0.29, 0.717) is 5.70 Å². The summed E-state index contributed by atoms with van der Waals surface area (Å²) in [4.78, 5) is 11.2. The molecule has 4 heteroatoms. The van der Waals surface area contributed by atoms with Crippen molar-refractivity contribution in [2.45, 2.75) is 12.8 Å². The van der Waals surface area contributed by atoms with Gasteiger partial charge in [0.25, 0.3) is 0 Å². The van der Waals surface area contributed by atoms with Crippen LogP contribution in [0.3, 0.4) is 0 Å². The molecular formula is C9H10N2O2. The minimum Gasteiger partial charge on any atom is -0.460 e. The Labute approximate surface area is 76.5 Å². The summed E-state index contributed by atoms with van der Waals surface area (Å²) in [6.07, 6.45) is 6.30. The van der Waals surface area contributed by atoms with Gasteiger partial charge >= 0.3 is 5.97 Å². The van der Waals surface area contributed by atoms with Crippen LogP contribution in [-0.2, 0) is 9.53 Å². The summed E-state index contributed by atoms with van der Waals surface area (Å²) in [7, 11) is 0. The van der Waals surface area contributed by atoms with E-state index < -0.39 is 5.97 Å². The molecule has 4 nitrogen and oxygen atoms in total. The lowest BCUT2D eigenvalue weighted by molar-refractivity contribution is -0.139. The first kappa shape index (κ1) is 9.33. The van der Waals surface area contributed by atoms with Gasteiger partial charge < -0.3 is 10.1 Å². The van der Waals surface area contributed by atoms with Crippen molar-refractivity contribution in [1.82, 2.24) is 5.32 Å². The van der Waals surface area contributed by atoms with Crippen LogP contribution < -0.4 is 5.32 Å². The van der Waals surface area contributed by atoms with Gasteiger partial charge in [-0.3, -0.25) is 0 Å². The van der Waals surface area contributed by atoms with Gasteiger partial charge in [0, 0.05) is 0 Å². The highest BCUT2D eigenvalue weighted by Crippen LogP contribution is 2.02. The van der Waals surface area contributed by atoms with Crippen LogP contribution in [0, 0.1) is 11.3 Å². The molecule has 0 saturated heterocycles. The number of nitrogens with zero attached hydrogens (tertiary/aromatic N) is 1. The first-order valence-electron chi connectivity index (χ1n) is 4.00. The van der Waals surface area contributed by atoms with E-state index in [-0.39, 0.29) is 13.0 Å².